The summed E-state index contributed by atoms with van der Waals surface area (Å²) in [7, 11) is 1.61. The third-order valence-electron chi connectivity index (χ3n) is 5.19. The molecule has 6 nitrogen and oxygen atoms in total. The van der Waals surface area contributed by atoms with E-state index in [4.69, 9.17) is 4.74 Å². The number of nitrogens with zero attached hydrogens (tertiary/aromatic N) is 2. The molecule has 2 amide bonds. The van der Waals surface area contributed by atoms with Crippen molar-refractivity contribution in [2.45, 2.75) is 25.8 Å². The van der Waals surface area contributed by atoms with Crippen molar-refractivity contribution in [1.29, 1.82) is 0 Å². The average Bonchev–Trinajstić information content (AvgIpc) is 2.67. The topological polar surface area (TPSA) is 61.9 Å². The van der Waals surface area contributed by atoms with Crippen LogP contribution in [-0.2, 0) is 4.79 Å². The largest absolute Gasteiger partial charge is 0.497 e. The lowest BCUT2D eigenvalue weighted by molar-refractivity contribution is -0.138. The Morgan fingerprint density at radius 1 is 1.08 bits per heavy atom. The van der Waals surface area contributed by atoms with Crippen LogP contribution in [0.15, 0.2) is 24.3 Å². The molecule has 2 aliphatic heterocycles. The predicted octanol–water partition coefficient (Wildman–Crippen LogP) is 1.79. The summed E-state index contributed by atoms with van der Waals surface area (Å²) in [4.78, 5) is 29.1. The first-order valence-corrected chi connectivity index (χ1v) is 9.04. The molecule has 2 fully saturated rings. The standard InChI is InChI=1S/C19H27N3O3.ClH/c1-14-13-16(7-8-20-14)19(24)22-11-9-21(10-12-22)18(23)15-3-5-17(25-2)6-4-15;/h3-6,14,16,20H,7-13H2,1-2H3;1H/t14-,16-;/m0./s1. The molecule has 0 unspecified atom stereocenters. The number of carbonyl (C=O) groups excluding carboxylic acids is 2. The quantitative estimate of drug-likeness (QED) is 0.867. The first-order valence-electron chi connectivity index (χ1n) is 9.04. The number of methoxy groups -OCH3 is 1. The number of hydrogen-bond donors (Lipinski definition) is 1. The number of rotatable bonds is 3. The fraction of sp³-hybridized carbons (Fsp3) is 0.579. The summed E-state index contributed by atoms with van der Waals surface area (Å²) in [5.41, 5.74) is 0.660. The van der Waals surface area contributed by atoms with Crippen molar-refractivity contribution < 1.29 is 14.3 Å². The number of piperazine rings is 1. The number of benzene rings is 1. The van der Waals surface area contributed by atoms with E-state index in [1.165, 1.54) is 0 Å². The Morgan fingerprint density at radius 2 is 1.69 bits per heavy atom. The zero-order valence-electron chi connectivity index (χ0n) is 15.4. The summed E-state index contributed by atoms with van der Waals surface area (Å²) in [6, 6.07) is 7.57. The Kier molecular flexibility index (Phi) is 7.29. The van der Waals surface area contributed by atoms with Gasteiger partial charge in [0.05, 0.1) is 7.11 Å². The van der Waals surface area contributed by atoms with Gasteiger partial charge in [-0.25, -0.2) is 0 Å². The van der Waals surface area contributed by atoms with E-state index < -0.39 is 0 Å². The van der Waals surface area contributed by atoms with Gasteiger partial charge in [-0.05, 0) is 50.6 Å². The van der Waals surface area contributed by atoms with Crippen LogP contribution in [0.25, 0.3) is 0 Å². The fourth-order valence-electron chi connectivity index (χ4n) is 3.66. The first kappa shape index (κ1) is 20.5. The lowest BCUT2D eigenvalue weighted by atomic mass is 9.92. The Hall–Kier alpha value is -1.79. The van der Waals surface area contributed by atoms with Gasteiger partial charge >= 0.3 is 0 Å². The highest BCUT2D eigenvalue weighted by Crippen LogP contribution is 2.20. The highest BCUT2D eigenvalue weighted by Gasteiger charge is 2.31. The van der Waals surface area contributed by atoms with Crippen molar-refractivity contribution in [3.8, 4) is 5.75 Å². The molecule has 3 rings (SSSR count). The van der Waals surface area contributed by atoms with Gasteiger partial charge in [-0.3, -0.25) is 9.59 Å². The van der Waals surface area contributed by atoms with Gasteiger partial charge in [0.1, 0.15) is 5.75 Å². The van der Waals surface area contributed by atoms with E-state index in [0.29, 0.717) is 37.8 Å². The summed E-state index contributed by atoms with van der Waals surface area (Å²) in [6.45, 7) is 5.48. The summed E-state index contributed by atoms with van der Waals surface area (Å²) >= 11 is 0. The summed E-state index contributed by atoms with van der Waals surface area (Å²) in [6.07, 6.45) is 1.82. The Morgan fingerprint density at radius 3 is 2.27 bits per heavy atom. The van der Waals surface area contributed by atoms with Crippen LogP contribution in [0, 0.1) is 5.92 Å². The molecule has 0 radical (unpaired) electrons. The molecule has 0 aromatic heterocycles. The van der Waals surface area contributed by atoms with E-state index in [9.17, 15) is 9.59 Å². The van der Waals surface area contributed by atoms with Crippen LogP contribution in [0.3, 0.4) is 0 Å². The van der Waals surface area contributed by atoms with Gasteiger partial charge in [-0.1, -0.05) is 0 Å². The van der Waals surface area contributed by atoms with Crippen molar-refractivity contribution in [2.24, 2.45) is 5.92 Å². The molecule has 0 aliphatic carbocycles. The van der Waals surface area contributed by atoms with Crippen LogP contribution in [0.4, 0.5) is 0 Å². The number of piperidine rings is 1. The van der Waals surface area contributed by atoms with Crippen LogP contribution in [0.5, 0.6) is 5.75 Å². The van der Waals surface area contributed by atoms with Gasteiger partial charge in [0.25, 0.3) is 5.91 Å². The number of halogens is 1. The molecule has 0 bridgehead atoms. The summed E-state index contributed by atoms with van der Waals surface area (Å²) < 4.78 is 5.13. The number of nitrogens with one attached hydrogen (secondary N) is 1. The van der Waals surface area contributed by atoms with Gasteiger partial charge in [0, 0.05) is 43.7 Å². The van der Waals surface area contributed by atoms with Gasteiger partial charge in [0.2, 0.25) is 5.91 Å². The molecular formula is C19H28ClN3O3. The minimum atomic E-state index is 0. The summed E-state index contributed by atoms with van der Waals surface area (Å²) in [5, 5.41) is 3.39. The maximum Gasteiger partial charge on any atom is 0.253 e. The molecule has 1 N–H and O–H groups in total. The minimum absolute atomic E-state index is 0. The normalized spacial score (nSPS) is 23.2. The molecule has 2 saturated heterocycles. The molecule has 144 valence electrons. The van der Waals surface area contributed by atoms with Gasteiger partial charge in [-0.2, -0.15) is 0 Å². The Balaban J connectivity index is 0.00000243. The average molecular weight is 382 g/mol. The zero-order chi connectivity index (χ0) is 17.8. The van der Waals surface area contributed by atoms with E-state index >= 15 is 0 Å². The molecule has 7 heteroatoms. The van der Waals surface area contributed by atoms with Crippen molar-refractivity contribution in [1.82, 2.24) is 15.1 Å². The first-order chi connectivity index (χ1) is 12.1. The molecule has 0 saturated carbocycles. The van der Waals surface area contributed by atoms with Crippen LogP contribution in [0.1, 0.15) is 30.1 Å². The monoisotopic (exact) mass is 381 g/mol. The third-order valence-corrected chi connectivity index (χ3v) is 5.19. The maximum absolute atomic E-state index is 12.7. The molecule has 2 atom stereocenters. The fourth-order valence-corrected chi connectivity index (χ4v) is 3.66. The molecule has 2 heterocycles. The number of hydrogen-bond acceptors (Lipinski definition) is 4. The smallest absolute Gasteiger partial charge is 0.253 e. The molecule has 26 heavy (non-hydrogen) atoms. The molecule has 0 spiro atoms. The van der Waals surface area contributed by atoms with Crippen LogP contribution >= 0.6 is 12.4 Å². The second-order valence-electron chi connectivity index (χ2n) is 6.92. The molecule has 2 aliphatic rings. The van der Waals surface area contributed by atoms with E-state index in [1.54, 1.807) is 31.4 Å². The second kappa shape index (κ2) is 9.24. The number of carbonyl (C=O) groups is 2. The highest BCUT2D eigenvalue weighted by atomic mass is 35.5. The lowest BCUT2D eigenvalue weighted by Gasteiger charge is -2.38. The van der Waals surface area contributed by atoms with E-state index in [0.717, 1.165) is 25.1 Å². The Bertz CT molecular complexity index is 615. The lowest BCUT2D eigenvalue weighted by Crippen LogP contribution is -2.53. The van der Waals surface area contributed by atoms with Gasteiger partial charge in [0.15, 0.2) is 0 Å². The molecule has 1 aromatic carbocycles. The molecule has 1 aromatic rings. The van der Waals surface area contributed by atoms with Crippen LogP contribution in [0.2, 0.25) is 0 Å². The Labute approximate surface area is 161 Å². The summed E-state index contributed by atoms with van der Waals surface area (Å²) in [5.74, 6) is 1.14. The highest BCUT2D eigenvalue weighted by molar-refractivity contribution is 5.94. The van der Waals surface area contributed by atoms with E-state index in [1.807, 2.05) is 9.80 Å². The SMILES string of the molecule is COc1ccc(C(=O)N2CCN(C(=O)[C@H]3CCN[C@@H](C)C3)CC2)cc1.Cl. The van der Waals surface area contributed by atoms with Crippen LogP contribution in [-0.4, -0.2) is 67.5 Å². The van der Waals surface area contributed by atoms with Crippen molar-refractivity contribution in [3.63, 3.8) is 0 Å². The minimum Gasteiger partial charge on any atom is -0.497 e. The second-order valence-corrected chi connectivity index (χ2v) is 6.92. The van der Waals surface area contributed by atoms with Crippen molar-refractivity contribution >= 4 is 24.2 Å². The molecular weight excluding hydrogens is 354 g/mol. The number of amides is 2. The predicted molar refractivity (Wildman–Crippen MR) is 103 cm³/mol. The van der Waals surface area contributed by atoms with Crippen molar-refractivity contribution in [3.05, 3.63) is 29.8 Å². The number of ether oxygens (including phenoxy) is 1. The van der Waals surface area contributed by atoms with E-state index in [-0.39, 0.29) is 30.1 Å². The third kappa shape index (κ3) is 4.68. The zero-order valence-corrected chi connectivity index (χ0v) is 16.3. The van der Waals surface area contributed by atoms with Crippen LogP contribution < -0.4 is 10.1 Å². The maximum atomic E-state index is 12.7. The van der Waals surface area contributed by atoms with Crippen molar-refractivity contribution in [2.75, 3.05) is 39.8 Å². The van der Waals surface area contributed by atoms with E-state index in [2.05, 4.69) is 12.2 Å². The van der Waals surface area contributed by atoms with Gasteiger partial charge in [-0.15, -0.1) is 12.4 Å². The van der Waals surface area contributed by atoms with Gasteiger partial charge < -0.3 is 19.9 Å².